The number of nitrogens with zero attached hydrogens (tertiary/aromatic N) is 3. The molecule has 3 N–H and O–H groups in total. The van der Waals surface area contributed by atoms with Gasteiger partial charge in [0.25, 0.3) is 0 Å². The Morgan fingerprint density at radius 2 is 2.00 bits per heavy atom. The summed E-state index contributed by atoms with van der Waals surface area (Å²) in [7, 11) is 0. The fourth-order valence-electron chi connectivity index (χ4n) is 2.73. The summed E-state index contributed by atoms with van der Waals surface area (Å²) >= 11 is 1.39. The van der Waals surface area contributed by atoms with Crippen LogP contribution < -0.4 is 5.32 Å². The zero-order chi connectivity index (χ0) is 24.2. The third-order valence-electron chi connectivity index (χ3n) is 4.53. The number of allylic oxidation sites excluding steroid dienone is 2. The predicted octanol–water partition coefficient (Wildman–Crippen LogP) is 5.35. The van der Waals surface area contributed by atoms with Gasteiger partial charge in [0.15, 0.2) is 11.6 Å². The second-order valence-electron chi connectivity index (χ2n) is 7.84. The van der Waals surface area contributed by atoms with Crippen molar-refractivity contribution in [2.75, 3.05) is 5.32 Å². The Morgan fingerprint density at radius 1 is 1.24 bits per heavy atom. The molecule has 0 radical (unpaired) electrons. The molecule has 0 aliphatic rings. The molecular weight excluding hydrogens is 450 g/mol. The first-order valence-corrected chi connectivity index (χ1v) is 10.8. The molecular formula is C23H24F2N4O3S. The Hall–Kier alpha value is -3.37. The van der Waals surface area contributed by atoms with E-state index in [0.29, 0.717) is 28.2 Å². The van der Waals surface area contributed by atoms with Gasteiger partial charge in [-0.2, -0.15) is 0 Å². The number of nitrogens with one attached hydrogen (secondary N) is 1. The normalized spacial score (nSPS) is 12.7. The van der Waals surface area contributed by atoms with Gasteiger partial charge >= 0.3 is 0 Å². The molecule has 3 aromatic rings. The lowest BCUT2D eigenvalue weighted by molar-refractivity contribution is 0.0746. The summed E-state index contributed by atoms with van der Waals surface area (Å²) in [4.78, 5) is 12.5. The summed E-state index contributed by atoms with van der Waals surface area (Å²) in [5.74, 6) is -1.55. The van der Waals surface area contributed by atoms with E-state index in [4.69, 9.17) is 4.74 Å². The van der Waals surface area contributed by atoms with Gasteiger partial charge in [0.1, 0.15) is 40.7 Å². The molecule has 0 aliphatic heterocycles. The standard InChI is InChI=1S/C23H24F2N4O3S/c1-13-8-26-19(22-29-21(12-33-22)23(3,4)31)7-18(13)28-14(2)5-16(10-30)32-11-20-17(25)6-15(24)9-27-20/h5-10,12,30-31H,11H2,1-4H3,(H,26,28)/b14-5-,16-10+. The molecule has 0 amide bonds. The molecule has 174 valence electrons. The highest BCUT2D eigenvalue weighted by Crippen LogP contribution is 2.30. The van der Waals surface area contributed by atoms with Crippen molar-refractivity contribution in [1.29, 1.82) is 0 Å². The number of aryl methyl sites for hydroxylation is 1. The molecule has 0 bridgehead atoms. The molecule has 7 nitrogen and oxygen atoms in total. The summed E-state index contributed by atoms with van der Waals surface area (Å²) in [6, 6.07) is 2.55. The number of ether oxygens (including phenoxy) is 1. The Morgan fingerprint density at radius 3 is 2.64 bits per heavy atom. The summed E-state index contributed by atoms with van der Waals surface area (Å²) in [6.45, 7) is 6.71. The fraction of sp³-hybridized carbons (Fsp3) is 0.261. The van der Waals surface area contributed by atoms with E-state index in [0.717, 1.165) is 23.7 Å². The molecule has 3 rings (SSSR count). The van der Waals surface area contributed by atoms with Crippen LogP contribution in [0.15, 0.2) is 53.7 Å². The van der Waals surface area contributed by atoms with Gasteiger partial charge < -0.3 is 20.3 Å². The Kier molecular flexibility index (Phi) is 7.39. The summed E-state index contributed by atoms with van der Waals surface area (Å²) < 4.78 is 32.1. The smallest absolute Gasteiger partial charge is 0.155 e. The van der Waals surface area contributed by atoms with Gasteiger partial charge in [0, 0.05) is 35.1 Å². The topological polar surface area (TPSA) is 100 Å². The van der Waals surface area contributed by atoms with Gasteiger partial charge in [-0.3, -0.25) is 9.97 Å². The second kappa shape index (κ2) is 10.1. The first kappa shape index (κ1) is 24.3. The molecule has 0 atom stereocenters. The number of hydrogen-bond donors (Lipinski definition) is 3. The summed E-state index contributed by atoms with van der Waals surface area (Å²) in [6.07, 6.45) is 4.86. The van der Waals surface area contributed by atoms with E-state index in [1.165, 1.54) is 17.4 Å². The van der Waals surface area contributed by atoms with Gasteiger partial charge in [-0.25, -0.2) is 13.8 Å². The quantitative estimate of drug-likeness (QED) is 0.299. The molecule has 0 saturated heterocycles. The Bertz CT molecular complexity index is 1200. The van der Waals surface area contributed by atoms with E-state index < -0.39 is 17.2 Å². The molecule has 0 aliphatic carbocycles. The maximum Gasteiger partial charge on any atom is 0.155 e. The van der Waals surface area contributed by atoms with Crippen LogP contribution in [-0.2, 0) is 16.9 Å². The molecule has 0 spiro atoms. The predicted molar refractivity (Wildman–Crippen MR) is 122 cm³/mol. The lowest BCUT2D eigenvalue weighted by Crippen LogP contribution is -2.15. The van der Waals surface area contributed by atoms with Crippen LogP contribution in [0.5, 0.6) is 0 Å². The van der Waals surface area contributed by atoms with Crippen molar-refractivity contribution in [1.82, 2.24) is 15.0 Å². The maximum absolute atomic E-state index is 13.7. The van der Waals surface area contributed by atoms with Gasteiger partial charge in [-0.1, -0.05) is 0 Å². The number of halogens is 2. The number of aromatic nitrogens is 3. The Labute approximate surface area is 194 Å². The van der Waals surface area contributed by atoms with Gasteiger partial charge in [0.2, 0.25) is 0 Å². The zero-order valence-electron chi connectivity index (χ0n) is 18.6. The number of hydrogen-bond acceptors (Lipinski definition) is 8. The number of aliphatic hydroxyl groups excluding tert-OH is 1. The van der Waals surface area contributed by atoms with Crippen molar-refractivity contribution in [2.24, 2.45) is 0 Å². The highest BCUT2D eigenvalue weighted by molar-refractivity contribution is 7.13. The number of thiazole rings is 1. The van der Waals surface area contributed by atoms with Crippen LogP contribution in [0.1, 0.15) is 37.7 Å². The largest absolute Gasteiger partial charge is 0.512 e. The van der Waals surface area contributed by atoms with E-state index in [1.807, 2.05) is 13.0 Å². The minimum atomic E-state index is -1.04. The Balaban J connectivity index is 1.73. The van der Waals surface area contributed by atoms with Gasteiger partial charge in [-0.15, -0.1) is 11.3 Å². The van der Waals surface area contributed by atoms with E-state index >= 15 is 0 Å². The molecule has 10 heteroatoms. The molecule has 3 aromatic heterocycles. The maximum atomic E-state index is 13.7. The van der Waals surface area contributed by atoms with Crippen LogP contribution in [0.2, 0.25) is 0 Å². The molecule has 0 aromatic carbocycles. The minimum Gasteiger partial charge on any atom is -0.512 e. The van der Waals surface area contributed by atoms with Crippen molar-refractivity contribution in [3.8, 4) is 10.7 Å². The summed E-state index contributed by atoms with van der Waals surface area (Å²) in [5.41, 5.74) is 2.34. The van der Waals surface area contributed by atoms with E-state index in [-0.39, 0.29) is 18.1 Å². The minimum absolute atomic E-state index is 0.0622. The number of rotatable bonds is 8. The van der Waals surface area contributed by atoms with Crippen molar-refractivity contribution < 1.29 is 23.7 Å². The highest BCUT2D eigenvalue weighted by Gasteiger charge is 2.20. The first-order valence-electron chi connectivity index (χ1n) is 9.94. The lowest BCUT2D eigenvalue weighted by Gasteiger charge is -2.13. The number of pyridine rings is 2. The van der Waals surface area contributed by atoms with Crippen LogP contribution in [0.3, 0.4) is 0 Å². The molecule has 0 unspecified atom stereocenters. The summed E-state index contributed by atoms with van der Waals surface area (Å²) in [5, 5.41) is 25.3. The number of aliphatic hydroxyl groups is 2. The van der Waals surface area contributed by atoms with Crippen LogP contribution in [0.4, 0.5) is 14.5 Å². The number of anilines is 1. The van der Waals surface area contributed by atoms with Gasteiger partial charge in [0.05, 0.1) is 11.9 Å². The zero-order valence-corrected chi connectivity index (χ0v) is 19.4. The van der Waals surface area contributed by atoms with Crippen molar-refractivity contribution in [3.63, 3.8) is 0 Å². The molecule has 0 fully saturated rings. The SMILES string of the molecule is C/C(=C/C(=C\O)OCc1ncc(F)cc1F)Nc1cc(-c2nc(C(C)(C)O)cs2)ncc1C. The van der Waals surface area contributed by atoms with E-state index in [2.05, 4.69) is 20.3 Å². The lowest BCUT2D eigenvalue weighted by atomic mass is 10.1. The van der Waals surface area contributed by atoms with Crippen LogP contribution >= 0.6 is 11.3 Å². The third kappa shape index (κ3) is 6.33. The first-order chi connectivity index (χ1) is 15.6. The average Bonchev–Trinajstić information content (AvgIpc) is 3.24. The third-order valence-corrected chi connectivity index (χ3v) is 5.40. The average molecular weight is 475 g/mol. The molecule has 3 heterocycles. The van der Waals surface area contributed by atoms with Crippen LogP contribution in [0, 0.1) is 18.6 Å². The monoisotopic (exact) mass is 474 g/mol. The van der Waals surface area contributed by atoms with Gasteiger partial charge in [-0.05, 0) is 39.3 Å². The van der Waals surface area contributed by atoms with Crippen molar-refractivity contribution in [3.05, 3.63) is 82.3 Å². The van der Waals surface area contributed by atoms with Crippen LogP contribution in [-0.4, -0.2) is 25.2 Å². The molecule has 0 saturated carbocycles. The highest BCUT2D eigenvalue weighted by atomic mass is 32.1. The van der Waals surface area contributed by atoms with Crippen molar-refractivity contribution in [2.45, 2.75) is 39.9 Å². The van der Waals surface area contributed by atoms with E-state index in [1.54, 1.807) is 32.3 Å². The second-order valence-corrected chi connectivity index (χ2v) is 8.69. The van der Waals surface area contributed by atoms with Crippen molar-refractivity contribution >= 4 is 17.0 Å². The fourth-order valence-corrected chi connectivity index (χ4v) is 3.67. The van der Waals surface area contributed by atoms with Crippen LogP contribution in [0.25, 0.3) is 10.7 Å². The molecule has 33 heavy (non-hydrogen) atoms. The van der Waals surface area contributed by atoms with E-state index in [9.17, 15) is 19.0 Å².